The quantitative estimate of drug-likeness (QED) is 0.326. The molecule has 1 aliphatic rings. The Morgan fingerprint density at radius 1 is 1.37 bits per heavy atom. The minimum Gasteiger partial charge on any atom is -0.466 e. The smallest absolute Gasteiger partial charge is 0.330 e. The van der Waals surface area contributed by atoms with Crippen LogP contribution < -0.4 is 0 Å². The molecule has 0 saturated carbocycles. The third-order valence-corrected chi connectivity index (χ3v) is 8.45. The highest BCUT2D eigenvalue weighted by atomic mass is 28.4. The standard InChI is InChI=1S/C14H26O4Si/c1-14(2,3)19(5,6)17-10-9-12-11(18-12)7-8-13(15)16-4/h7-8,11-12H,9-10H2,1-6H3/b8-7+/t11-,12-/m1/s1. The lowest BCUT2D eigenvalue weighted by atomic mass is 10.2. The Kier molecular flexibility index (Phi) is 5.35. The third-order valence-electron chi connectivity index (χ3n) is 3.92. The summed E-state index contributed by atoms with van der Waals surface area (Å²) >= 11 is 0. The second kappa shape index (κ2) is 6.20. The Hall–Kier alpha value is -0.653. The van der Waals surface area contributed by atoms with Crippen molar-refractivity contribution in [3.05, 3.63) is 12.2 Å². The first kappa shape index (κ1) is 16.4. The van der Waals surface area contributed by atoms with Gasteiger partial charge in [-0.25, -0.2) is 4.79 Å². The van der Waals surface area contributed by atoms with E-state index in [4.69, 9.17) is 9.16 Å². The maximum atomic E-state index is 10.9. The van der Waals surface area contributed by atoms with Crippen molar-refractivity contribution in [1.82, 2.24) is 0 Å². The minimum absolute atomic E-state index is 0.0436. The van der Waals surface area contributed by atoms with Gasteiger partial charge in [-0.2, -0.15) is 0 Å². The Morgan fingerprint density at radius 2 is 2.00 bits per heavy atom. The van der Waals surface area contributed by atoms with Gasteiger partial charge in [0.05, 0.1) is 13.2 Å². The van der Waals surface area contributed by atoms with E-state index in [1.165, 1.54) is 13.2 Å². The van der Waals surface area contributed by atoms with Gasteiger partial charge in [0.1, 0.15) is 6.10 Å². The van der Waals surface area contributed by atoms with Crippen LogP contribution in [0.5, 0.6) is 0 Å². The van der Waals surface area contributed by atoms with Crippen LogP contribution in [0.15, 0.2) is 12.2 Å². The fourth-order valence-corrected chi connectivity index (χ4v) is 2.51. The number of esters is 1. The maximum absolute atomic E-state index is 10.9. The topological polar surface area (TPSA) is 48.1 Å². The SMILES string of the molecule is COC(=O)/C=C/[C@H]1O[C@@H]1CCO[Si](C)(C)C(C)(C)C. The monoisotopic (exact) mass is 286 g/mol. The van der Waals surface area contributed by atoms with Gasteiger partial charge in [0.25, 0.3) is 0 Å². The van der Waals surface area contributed by atoms with E-state index in [0.717, 1.165) is 13.0 Å². The molecule has 110 valence electrons. The van der Waals surface area contributed by atoms with Gasteiger partial charge in [0, 0.05) is 12.7 Å². The number of hydrogen-bond donors (Lipinski definition) is 0. The zero-order chi connectivity index (χ0) is 14.7. The van der Waals surface area contributed by atoms with Crippen LogP contribution in [0.2, 0.25) is 18.1 Å². The van der Waals surface area contributed by atoms with Gasteiger partial charge in [0.15, 0.2) is 8.32 Å². The average molecular weight is 286 g/mol. The van der Waals surface area contributed by atoms with Crippen LogP contribution in [-0.4, -0.2) is 40.2 Å². The van der Waals surface area contributed by atoms with Crippen LogP contribution in [0.25, 0.3) is 0 Å². The van der Waals surface area contributed by atoms with E-state index in [2.05, 4.69) is 38.6 Å². The molecule has 0 aliphatic carbocycles. The molecule has 0 radical (unpaired) electrons. The Morgan fingerprint density at radius 3 is 2.53 bits per heavy atom. The predicted octanol–water partition coefficient (Wildman–Crippen LogP) is 2.89. The summed E-state index contributed by atoms with van der Waals surface area (Å²) in [6.07, 6.45) is 4.28. The molecule has 4 nitrogen and oxygen atoms in total. The van der Waals surface area contributed by atoms with E-state index in [-0.39, 0.29) is 23.2 Å². The first-order chi connectivity index (χ1) is 8.67. The number of rotatable bonds is 6. The zero-order valence-corrected chi connectivity index (χ0v) is 13.9. The van der Waals surface area contributed by atoms with Gasteiger partial charge >= 0.3 is 5.97 Å². The van der Waals surface area contributed by atoms with Crippen LogP contribution in [0.3, 0.4) is 0 Å². The van der Waals surface area contributed by atoms with E-state index in [9.17, 15) is 4.79 Å². The number of methoxy groups -OCH3 is 1. The van der Waals surface area contributed by atoms with Gasteiger partial charge in [-0.15, -0.1) is 0 Å². The molecular formula is C14H26O4Si. The summed E-state index contributed by atoms with van der Waals surface area (Å²) < 4.78 is 16.1. The molecule has 2 atom stereocenters. The van der Waals surface area contributed by atoms with Crippen molar-refractivity contribution in [3.63, 3.8) is 0 Å². The number of hydrogen-bond acceptors (Lipinski definition) is 4. The molecule has 19 heavy (non-hydrogen) atoms. The van der Waals surface area contributed by atoms with Crippen LogP contribution in [0, 0.1) is 0 Å². The Labute approximate surface area is 117 Å². The van der Waals surface area contributed by atoms with E-state index >= 15 is 0 Å². The molecule has 1 heterocycles. The van der Waals surface area contributed by atoms with Crippen molar-refractivity contribution in [3.8, 4) is 0 Å². The molecule has 1 fully saturated rings. The number of carbonyl (C=O) groups is 1. The van der Waals surface area contributed by atoms with Gasteiger partial charge in [0.2, 0.25) is 0 Å². The Bertz CT molecular complexity index is 344. The second-order valence-corrected chi connectivity index (χ2v) is 11.2. The van der Waals surface area contributed by atoms with Crippen molar-refractivity contribution >= 4 is 14.3 Å². The largest absolute Gasteiger partial charge is 0.466 e. The lowest BCUT2D eigenvalue weighted by Crippen LogP contribution is -2.41. The summed E-state index contributed by atoms with van der Waals surface area (Å²) in [6.45, 7) is 11.9. The van der Waals surface area contributed by atoms with Gasteiger partial charge in [-0.05, 0) is 30.6 Å². The molecule has 5 heteroatoms. The first-order valence-electron chi connectivity index (χ1n) is 6.73. The fourth-order valence-electron chi connectivity index (χ4n) is 1.45. The maximum Gasteiger partial charge on any atom is 0.330 e. The molecule has 0 aromatic carbocycles. The lowest BCUT2D eigenvalue weighted by molar-refractivity contribution is -0.134. The molecule has 1 rings (SSSR count). The molecule has 0 spiro atoms. The number of carbonyl (C=O) groups excluding carboxylic acids is 1. The lowest BCUT2D eigenvalue weighted by Gasteiger charge is -2.36. The van der Waals surface area contributed by atoms with Gasteiger partial charge in [-0.3, -0.25) is 0 Å². The van der Waals surface area contributed by atoms with Crippen molar-refractivity contribution in [2.24, 2.45) is 0 Å². The molecule has 0 amide bonds. The van der Waals surface area contributed by atoms with Crippen molar-refractivity contribution in [2.45, 2.75) is 57.5 Å². The zero-order valence-electron chi connectivity index (χ0n) is 12.9. The molecule has 0 aromatic heterocycles. The number of ether oxygens (including phenoxy) is 2. The highest BCUT2D eigenvalue weighted by Gasteiger charge is 2.39. The fraction of sp³-hybridized carbons (Fsp3) is 0.786. The van der Waals surface area contributed by atoms with Crippen LogP contribution in [0.1, 0.15) is 27.2 Å². The predicted molar refractivity (Wildman–Crippen MR) is 77.6 cm³/mol. The second-order valence-electron chi connectivity index (χ2n) is 6.42. The van der Waals surface area contributed by atoms with Crippen LogP contribution in [0.4, 0.5) is 0 Å². The van der Waals surface area contributed by atoms with Gasteiger partial charge in [-0.1, -0.05) is 20.8 Å². The summed E-state index contributed by atoms with van der Waals surface area (Å²) in [4.78, 5) is 10.9. The molecule has 0 unspecified atom stereocenters. The van der Waals surface area contributed by atoms with E-state index in [1.54, 1.807) is 6.08 Å². The molecule has 0 N–H and O–H groups in total. The first-order valence-corrected chi connectivity index (χ1v) is 9.64. The normalized spacial score (nSPS) is 23.7. The summed E-state index contributed by atoms with van der Waals surface area (Å²) in [5.41, 5.74) is 0. The summed E-state index contributed by atoms with van der Waals surface area (Å²) in [5.74, 6) is -0.341. The summed E-state index contributed by atoms with van der Waals surface area (Å²) in [7, 11) is -0.290. The third kappa shape index (κ3) is 5.08. The van der Waals surface area contributed by atoms with Crippen molar-refractivity contribution in [2.75, 3.05) is 13.7 Å². The summed E-state index contributed by atoms with van der Waals surface area (Å²) in [5, 5.41) is 0.238. The van der Waals surface area contributed by atoms with E-state index in [1.807, 2.05) is 0 Å². The summed E-state index contributed by atoms with van der Waals surface area (Å²) in [6, 6.07) is 0. The molecule has 1 saturated heterocycles. The van der Waals surface area contributed by atoms with Crippen molar-refractivity contribution in [1.29, 1.82) is 0 Å². The highest BCUT2D eigenvalue weighted by molar-refractivity contribution is 6.74. The molecular weight excluding hydrogens is 260 g/mol. The molecule has 1 aliphatic heterocycles. The van der Waals surface area contributed by atoms with Gasteiger partial charge < -0.3 is 13.9 Å². The highest BCUT2D eigenvalue weighted by Crippen LogP contribution is 2.37. The van der Waals surface area contributed by atoms with E-state index < -0.39 is 8.32 Å². The van der Waals surface area contributed by atoms with Crippen LogP contribution in [-0.2, 0) is 18.7 Å². The molecule has 0 bridgehead atoms. The Balaban J connectivity index is 2.23. The van der Waals surface area contributed by atoms with Crippen LogP contribution >= 0.6 is 0 Å². The van der Waals surface area contributed by atoms with Crippen molar-refractivity contribution < 1.29 is 18.7 Å². The van der Waals surface area contributed by atoms with E-state index in [0.29, 0.717) is 0 Å². The number of epoxide rings is 1. The molecule has 0 aromatic rings. The average Bonchev–Trinajstić information content (AvgIpc) is 3.03. The minimum atomic E-state index is -1.66.